The molecule has 0 N–H and O–H groups in total. The molecule has 3 heteroatoms. The van der Waals surface area contributed by atoms with Crippen molar-refractivity contribution in [2.75, 3.05) is 6.61 Å². The van der Waals surface area contributed by atoms with Gasteiger partial charge in [0.2, 0.25) is 0 Å². The molecule has 0 aromatic heterocycles. The van der Waals surface area contributed by atoms with Gasteiger partial charge < -0.3 is 4.74 Å². The summed E-state index contributed by atoms with van der Waals surface area (Å²) in [6, 6.07) is 5.78. The van der Waals surface area contributed by atoms with E-state index in [-0.39, 0.29) is 5.97 Å². The van der Waals surface area contributed by atoms with Crippen molar-refractivity contribution < 1.29 is 9.53 Å². The van der Waals surface area contributed by atoms with Crippen LogP contribution in [-0.2, 0) is 9.53 Å². The standard InChI is InChI=1S/C19H38O2Si/c1-5-9-15-22(16-10-6-2,17-11-7-3)18-12-14-21-19(20)13-8-4/h8,13H,5-7,9-12,14-18H2,1-4H3. The summed E-state index contributed by atoms with van der Waals surface area (Å²) in [5, 5.41) is 0. The topological polar surface area (TPSA) is 26.3 Å². The number of carbonyl (C=O) groups excluding carboxylic acids is 1. The molecule has 22 heavy (non-hydrogen) atoms. The smallest absolute Gasteiger partial charge is 0.330 e. The Labute approximate surface area is 139 Å². The number of ether oxygens (including phenoxy) is 1. The van der Waals surface area contributed by atoms with Crippen LogP contribution in [0.1, 0.15) is 72.6 Å². The Kier molecular flexibility index (Phi) is 13.7. The molecule has 0 rings (SSSR count). The van der Waals surface area contributed by atoms with Crippen molar-refractivity contribution in [3.63, 3.8) is 0 Å². The molecule has 130 valence electrons. The Morgan fingerprint density at radius 1 is 0.864 bits per heavy atom. The zero-order valence-electron chi connectivity index (χ0n) is 15.5. The molecule has 0 aliphatic carbocycles. The lowest BCUT2D eigenvalue weighted by atomic mass is 10.4. The monoisotopic (exact) mass is 326 g/mol. The minimum Gasteiger partial charge on any atom is -0.463 e. The third kappa shape index (κ3) is 10.2. The second kappa shape index (κ2) is 14.0. The van der Waals surface area contributed by atoms with Crippen LogP contribution < -0.4 is 0 Å². The molecule has 0 saturated heterocycles. The van der Waals surface area contributed by atoms with Gasteiger partial charge in [0, 0.05) is 6.08 Å². The van der Waals surface area contributed by atoms with Crippen LogP contribution in [0.3, 0.4) is 0 Å². The van der Waals surface area contributed by atoms with Crippen LogP contribution in [0.25, 0.3) is 0 Å². The molecule has 0 heterocycles. The molecule has 0 aliphatic heterocycles. The highest BCUT2D eigenvalue weighted by atomic mass is 28.3. The number of unbranched alkanes of at least 4 members (excludes halogenated alkanes) is 3. The summed E-state index contributed by atoms with van der Waals surface area (Å²) in [5.74, 6) is -0.189. The van der Waals surface area contributed by atoms with E-state index in [1.54, 1.807) is 6.08 Å². The Hall–Kier alpha value is -0.573. The predicted octanol–water partition coefficient (Wildman–Crippen LogP) is 6.34. The molecule has 0 radical (unpaired) electrons. The minimum absolute atomic E-state index is 0.189. The van der Waals surface area contributed by atoms with E-state index in [4.69, 9.17) is 4.74 Å². The Bertz CT molecular complexity index is 278. The van der Waals surface area contributed by atoms with Gasteiger partial charge in [0.15, 0.2) is 0 Å². The van der Waals surface area contributed by atoms with Crippen molar-refractivity contribution in [3.05, 3.63) is 12.2 Å². The molecule has 0 aliphatic rings. The first-order valence-electron chi connectivity index (χ1n) is 9.43. The quantitative estimate of drug-likeness (QED) is 0.161. The minimum atomic E-state index is -1.16. The van der Waals surface area contributed by atoms with Crippen LogP contribution in [-0.4, -0.2) is 20.7 Å². The van der Waals surface area contributed by atoms with Crippen LogP contribution in [0.5, 0.6) is 0 Å². The van der Waals surface area contributed by atoms with E-state index in [2.05, 4.69) is 20.8 Å². The fourth-order valence-corrected chi connectivity index (χ4v) is 8.91. The van der Waals surface area contributed by atoms with Gasteiger partial charge in [-0.15, -0.1) is 0 Å². The van der Waals surface area contributed by atoms with E-state index in [1.807, 2.05) is 6.92 Å². The molecular weight excluding hydrogens is 288 g/mol. The molecule has 0 fully saturated rings. The average molecular weight is 327 g/mol. The SMILES string of the molecule is CC=CC(=O)OCCC[Si](CCCC)(CCCC)CCCC. The maximum absolute atomic E-state index is 11.4. The third-order valence-corrected chi connectivity index (χ3v) is 10.2. The Balaban J connectivity index is 4.47. The van der Waals surface area contributed by atoms with Crippen molar-refractivity contribution in [3.8, 4) is 0 Å². The van der Waals surface area contributed by atoms with Crippen LogP contribution in [0, 0.1) is 0 Å². The van der Waals surface area contributed by atoms with Crippen LogP contribution in [0.15, 0.2) is 12.2 Å². The van der Waals surface area contributed by atoms with E-state index in [1.165, 1.54) is 68.8 Å². The number of carbonyl (C=O) groups is 1. The van der Waals surface area contributed by atoms with Crippen LogP contribution in [0.4, 0.5) is 0 Å². The lowest BCUT2D eigenvalue weighted by Crippen LogP contribution is -2.34. The Morgan fingerprint density at radius 2 is 1.32 bits per heavy atom. The van der Waals surface area contributed by atoms with Crippen molar-refractivity contribution >= 4 is 14.0 Å². The van der Waals surface area contributed by atoms with E-state index in [0.29, 0.717) is 6.61 Å². The van der Waals surface area contributed by atoms with Gasteiger partial charge in [-0.1, -0.05) is 89.5 Å². The molecule has 2 nitrogen and oxygen atoms in total. The molecule has 0 amide bonds. The summed E-state index contributed by atoms with van der Waals surface area (Å²) in [4.78, 5) is 11.4. The summed E-state index contributed by atoms with van der Waals surface area (Å²) >= 11 is 0. The highest BCUT2D eigenvalue weighted by Crippen LogP contribution is 2.33. The van der Waals surface area contributed by atoms with Gasteiger partial charge >= 0.3 is 5.97 Å². The van der Waals surface area contributed by atoms with E-state index >= 15 is 0 Å². The molecule has 0 bridgehead atoms. The lowest BCUT2D eigenvalue weighted by molar-refractivity contribution is -0.137. The van der Waals surface area contributed by atoms with Crippen LogP contribution in [0.2, 0.25) is 24.2 Å². The average Bonchev–Trinajstić information content (AvgIpc) is 2.52. The highest BCUT2D eigenvalue weighted by molar-refractivity contribution is 6.79. The molecule has 0 spiro atoms. The van der Waals surface area contributed by atoms with Crippen LogP contribution >= 0.6 is 0 Å². The summed E-state index contributed by atoms with van der Waals surface area (Å²) < 4.78 is 5.29. The van der Waals surface area contributed by atoms with Gasteiger partial charge in [-0.05, 0) is 13.3 Å². The molecule has 0 aromatic rings. The molecular formula is C19H38O2Si. The molecule has 0 atom stereocenters. The van der Waals surface area contributed by atoms with Gasteiger partial charge in [-0.3, -0.25) is 0 Å². The summed E-state index contributed by atoms with van der Waals surface area (Å²) in [6.45, 7) is 9.36. The second-order valence-corrected chi connectivity index (χ2v) is 11.6. The van der Waals surface area contributed by atoms with Gasteiger partial charge in [-0.25, -0.2) is 4.79 Å². The number of hydrogen-bond acceptors (Lipinski definition) is 2. The van der Waals surface area contributed by atoms with E-state index in [9.17, 15) is 4.79 Å². The van der Waals surface area contributed by atoms with Crippen molar-refractivity contribution in [2.45, 2.75) is 96.8 Å². The molecule has 0 saturated carbocycles. The first kappa shape index (κ1) is 21.4. The van der Waals surface area contributed by atoms with Crippen molar-refractivity contribution in [1.82, 2.24) is 0 Å². The summed E-state index contributed by atoms with van der Waals surface area (Å²) in [5.41, 5.74) is 0. The first-order chi connectivity index (χ1) is 10.6. The Morgan fingerprint density at radius 3 is 1.73 bits per heavy atom. The number of allylic oxidation sites excluding steroid dienone is 1. The third-order valence-electron chi connectivity index (χ3n) is 4.58. The zero-order chi connectivity index (χ0) is 16.7. The normalized spacial score (nSPS) is 12.0. The summed E-state index contributed by atoms with van der Waals surface area (Å²) in [6.07, 6.45) is 12.4. The van der Waals surface area contributed by atoms with Gasteiger partial charge in [0.05, 0.1) is 14.7 Å². The molecule has 0 unspecified atom stereocenters. The summed E-state index contributed by atoms with van der Waals surface area (Å²) in [7, 11) is -1.16. The zero-order valence-corrected chi connectivity index (χ0v) is 16.5. The number of esters is 1. The fourth-order valence-electron chi connectivity index (χ4n) is 3.21. The predicted molar refractivity (Wildman–Crippen MR) is 100 cm³/mol. The van der Waals surface area contributed by atoms with Gasteiger partial charge in [0.25, 0.3) is 0 Å². The van der Waals surface area contributed by atoms with E-state index < -0.39 is 8.07 Å². The van der Waals surface area contributed by atoms with E-state index in [0.717, 1.165) is 6.42 Å². The largest absolute Gasteiger partial charge is 0.463 e. The molecule has 0 aromatic carbocycles. The van der Waals surface area contributed by atoms with Gasteiger partial charge in [-0.2, -0.15) is 0 Å². The fraction of sp³-hybridized carbons (Fsp3) is 0.842. The van der Waals surface area contributed by atoms with Gasteiger partial charge in [0.1, 0.15) is 0 Å². The lowest BCUT2D eigenvalue weighted by Gasteiger charge is -2.32. The number of hydrogen-bond donors (Lipinski definition) is 0. The van der Waals surface area contributed by atoms with Crippen molar-refractivity contribution in [2.24, 2.45) is 0 Å². The first-order valence-corrected chi connectivity index (χ1v) is 12.3. The van der Waals surface area contributed by atoms with Crippen molar-refractivity contribution in [1.29, 1.82) is 0 Å². The maximum atomic E-state index is 11.4. The maximum Gasteiger partial charge on any atom is 0.330 e. The highest BCUT2D eigenvalue weighted by Gasteiger charge is 2.30. The second-order valence-electron chi connectivity index (χ2n) is 6.58. The number of rotatable bonds is 14.